The van der Waals surface area contributed by atoms with Crippen molar-refractivity contribution in [1.82, 2.24) is 4.98 Å². The van der Waals surface area contributed by atoms with Crippen molar-refractivity contribution in [3.05, 3.63) is 29.5 Å². The van der Waals surface area contributed by atoms with E-state index in [0.717, 1.165) is 18.4 Å². The number of anilines is 1. The number of pyridine rings is 1. The second-order valence-electron chi connectivity index (χ2n) is 6.44. The van der Waals surface area contributed by atoms with Crippen LogP contribution in [0.1, 0.15) is 18.4 Å². The van der Waals surface area contributed by atoms with E-state index >= 15 is 0 Å². The van der Waals surface area contributed by atoms with Gasteiger partial charge in [-0.25, -0.2) is 9.47 Å². The molecular weight excluding hydrogens is 313 g/mol. The summed E-state index contributed by atoms with van der Waals surface area (Å²) in [6, 6.07) is 3.83. The van der Waals surface area contributed by atoms with Crippen LogP contribution in [0.3, 0.4) is 0 Å². The van der Waals surface area contributed by atoms with E-state index in [1.807, 2.05) is 17.0 Å². The van der Waals surface area contributed by atoms with E-state index in [1.165, 1.54) is 5.57 Å². The van der Waals surface area contributed by atoms with Gasteiger partial charge in [0.25, 0.3) is 5.81 Å². The van der Waals surface area contributed by atoms with Gasteiger partial charge >= 0.3 is 6.10 Å². The average Bonchev–Trinajstić information content (AvgIpc) is 3.29. The standard InChI is InChI=1S/C15H21BN3O5/c16-14(20,21)19(15(22,23)24)7-5-18(6-8-19)13-10-12(3-4-17-13)9-11-1-2-11/h3-4,9-10,20-24H,1-2,5-8H2/q+1. The monoisotopic (exact) mass is 334 g/mol. The number of hydrogen-bond donors (Lipinski definition) is 5. The maximum atomic E-state index is 9.72. The van der Waals surface area contributed by atoms with Crippen molar-refractivity contribution >= 4 is 19.7 Å². The van der Waals surface area contributed by atoms with E-state index in [1.54, 1.807) is 6.20 Å². The first kappa shape index (κ1) is 17.3. The second kappa shape index (κ2) is 5.80. The molecule has 1 saturated carbocycles. The molecule has 1 aliphatic carbocycles. The number of piperazine rings is 1. The summed E-state index contributed by atoms with van der Waals surface area (Å²) in [6.45, 7) is 0.0209. The lowest BCUT2D eigenvalue weighted by molar-refractivity contribution is -1.11. The van der Waals surface area contributed by atoms with Crippen LogP contribution in [0, 0.1) is 0 Å². The van der Waals surface area contributed by atoms with Gasteiger partial charge in [-0.2, -0.15) is 0 Å². The summed E-state index contributed by atoms with van der Waals surface area (Å²) >= 11 is 0. The molecule has 2 fully saturated rings. The maximum absolute atomic E-state index is 9.72. The van der Waals surface area contributed by atoms with Gasteiger partial charge in [0, 0.05) is 6.20 Å². The average molecular weight is 334 g/mol. The third kappa shape index (κ3) is 3.19. The summed E-state index contributed by atoms with van der Waals surface area (Å²) in [7, 11) is 5.26. The van der Waals surface area contributed by atoms with Crippen LogP contribution in [0.2, 0.25) is 0 Å². The van der Waals surface area contributed by atoms with Gasteiger partial charge in [-0.3, -0.25) is 15.3 Å². The molecular formula is C15H21BN3O5+. The molecule has 2 aliphatic rings. The topological polar surface area (TPSA) is 117 Å². The van der Waals surface area contributed by atoms with Crippen LogP contribution in [0.25, 0.3) is 6.08 Å². The largest absolute Gasteiger partial charge is 0.445 e. The Kier molecular flexibility index (Phi) is 4.19. The van der Waals surface area contributed by atoms with Crippen molar-refractivity contribution < 1.29 is 30.0 Å². The number of nitrogens with zero attached hydrogens (tertiary/aromatic N) is 3. The molecule has 1 saturated heterocycles. The Morgan fingerprint density at radius 3 is 2.25 bits per heavy atom. The Hall–Kier alpha value is -1.49. The smallest absolute Gasteiger partial charge is 0.345 e. The van der Waals surface area contributed by atoms with Gasteiger partial charge in [0.2, 0.25) is 7.85 Å². The summed E-state index contributed by atoms with van der Waals surface area (Å²) < 4.78 is -1.28. The van der Waals surface area contributed by atoms with Crippen molar-refractivity contribution in [2.24, 2.45) is 0 Å². The maximum Gasteiger partial charge on any atom is 0.445 e. The Labute approximate surface area is 140 Å². The molecule has 5 N–H and O–H groups in total. The minimum absolute atomic E-state index is 0.194. The summed E-state index contributed by atoms with van der Waals surface area (Å²) in [5, 5.41) is 48.2. The molecule has 3 rings (SSSR count). The van der Waals surface area contributed by atoms with Gasteiger partial charge in [-0.1, -0.05) is 11.6 Å². The van der Waals surface area contributed by atoms with Gasteiger partial charge in [-0.05, 0) is 30.5 Å². The molecule has 0 bridgehead atoms. The number of rotatable bonds is 4. The molecule has 9 heteroatoms. The van der Waals surface area contributed by atoms with E-state index in [9.17, 15) is 25.5 Å². The fourth-order valence-electron chi connectivity index (χ4n) is 3.03. The van der Waals surface area contributed by atoms with Crippen molar-refractivity contribution in [2.45, 2.75) is 24.7 Å². The second-order valence-corrected chi connectivity index (χ2v) is 6.44. The highest BCUT2D eigenvalue weighted by Crippen LogP contribution is 2.32. The molecule has 1 aliphatic heterocycles. The zero-order valence-corrected chi connectivity index (χ0v) is 13.2. The molecule has 0 unspecified atom stereocenters. The molecule has 2 radical (unpaired) electrons. The molecule has 24 heavy (non-hydrogen) atoms. The van der Waals surface area contributed by atoms with E-state index in [2.05, 4.69) is 11.1 Å². The number of allylic oxidation sites excluding steroid dienone is 1. The molecule has 1 aromatic rings. The van der Waals surface area contributed by atoms with E-state index < -0.39 is 16.4 Å². The first-order chi connectivity index (χ1) is 11.1. The number of aliphatic hydroxyl groups is 5. The number of hydrogen-bond acceptors (Lipinski definition) is 7. The number of quaternary nitrogens is 1. The van der Waals surface area contributed by atoms with E-state index in [0.29, 0.717) is 5.82 Å². The van der Waals surface area contributed by atoms with Gasteiger partial charge in [0.15, 0.2) is 0 Å². The van der Waals surface area contributed by atoms with Crippen molar-refractivity contribution in [3.63, 3.8) is 0 Å². The predicted molar refractivity (Wildman–Crippen MR) is 86.0 cm³/mol. The minimum atomic E-state index is -3.37. The summed E-state index contributed by atoms with van der Waals surface area (Å²) in [5.41, 5.74) is 2.43. The molecule has 128 valence electrons. The summed E-state index contributed by atoms with van der Waals surface area (Å²) in [5.74, 6) is -2.29. The third-order valence-corrected chi connectivity index (χ3v) is 4.71. The Bertz CT molecular complexity index is 623. The van der Waals surface area contributed by atoms with E-state index in [-0.39, 0.29) is 26.2 Å². The molecule has 8 nitrogen and oxygen atoms in total. The Morgan fingerprint density at radius 1 is 1.12 bits per heavy atom. The predicted octanol–water partition coefficient (Wildman–Crippen LogP) is -1.75. The molecule has 0 amide bonds. The first-order valence-corrected chi connectivity index (χ1v) is 7.81. The quantitative estimate of drug-likeness (QED) is 0.252. The van der Waals surface area contributed by atoms with Gasteiger partial charge < -0.3 is 15.1 Å². The van der Waals surface area contributed by atoms with Crippen LogP contribution in [0.15, 0.2) is 23.9 Å². The van der Waals surface area contributed by atoms with Gasteiger partial charge in [0.05, 0.1) is 13.1 Å². The first-order valence-electron chi connectivity index (χ1n) is 7.81. The summed E-state index contributed by atoms with van der Waals surface area (Å²) in [4.78, 5) is 6.17. The third-order valence-electron chi connectivity index (χ3n) is 4.71. The molecule has 1 aromatic heterocycles. The zero-order valence-electron chi connectivity index (χ0n) is 13.2. The van der Waals surface area contributed by atoms with Crippen LogP contribution in [0.5, 0.6) is 0 Å². The highest BCUT2D eigenvalue weighted by molar-refractivity contribution is 6.11. The fraction of sp³-hybridized carbons (Fsp3) is 0.533. The zero-order chi connectivity index (χ0) is 17.6. The molecule has 0 spiro atoms. The lowest BCUT2D eigenvalue weighted by Crippen LogP contribution is -2.80. The fourth-order valence-corrected chi connectivity index (χ4v) is 3.03. The number of aromatic nitrogens is 1. The molecule has 0 aromatic carbocycles. The normalized spacial score (nSPS) is 20.9. The highest BCUT2D eigenvalue weighted by Gasteiger charge is 2.60. The Morgan fingerprint density at radius 2 is 1.75 bits per heavy atom. The van der Waals surface area contributed by atoms with Gasteiger partial charge in [0.1, 0.15) is 18.9 Å². The van der Waals surface area contributed by atoms with Crippen LogP contribution >= 0.6 is 0 Å². The lowest BCUT2D eigenvalue weighted by atomic mass is 9.97. The van der Waals surface area contributed by atoms with Crippen LogP contribution < -0.4 is 4.90 Å². The Balaban J connectivity index is 1.78. The van der Waals surface area contributed by atoms with Crippen molar-refractivity contribution in [1.29, 1.82) is 0 Å². The molecule has 2 heterocycles. The van der Waals surface area contributed by atoms with Crippen LogP contribution in [-0.4, -0.2) is 80.9 Å². The van der Waals surface area contributed by atoms with E-state index in [4.69, 9.17) is 7.85 Å². The van der Waals surface area contributed by atoms with Gasteiger partial charge in [-0.15, -0.1) is 0 Å². The minimum Gasteiger partial charge on any atom is -0.345 e. The summed E-state index contributed by atoms with van der Waals surface area (Å²) in [6.07, 6.45) is 2.69. The lowest BCUT2D eigenvalue weighted by Gasteiger charge is -2.52. The molecule has 0 atom stereocenters. The SMILES string of the molecule is [B]C(O)(O)[N+]1(C(O)(O)O)CCN(c2cc(C=C3CC3)ccn2)CC1. The van der Waals surface area contributed by atoms with Crippen molar-refractivity contribution in [2.75, 3.05) is 31.1 Å². The van der Waals surface area contributed by atoms with Crippen LogP contribution in [-0.2, 0) is 0 Å². The van der Waals surface area contributed by atoms with Crippen LogP contribution in [0.4, 0.5) is 5.82 Å². The van der Waals surface area contributed by atoms with Crippen molar-refractivity contribution in [3.8, 4) is 0 Å². The highest BCUT2D eigenvalue weighted by atomic mass is 16.7.